The van der Waals surface area contributed by atoms with Crippen LogP contribution in [0.1, 0.15) is 10.4 Å². The molecule has 2 N–H and O–H groups in total. The highest BCUT2D eigenvalue weighted by atomic mass is 79.9. The smallest absolute Gasteiger partial charge is 0.338 e. The van der Waals surface area contributed by atoms with E-state index in [0.29, 0.717) is 10.9 Å². The molecule has 1 rings (SSSR count). The predicted octanol–water partition coefficient (Wildman–Crippen LogP) is 1.72. The number of carboxylic acid groups (broad SMARTS) is 1. The lowest BCUT2D eigenvalue weighted by Gasteiger charge is -2.05. The molecule has 1 aromatic carbocycles. The van der Waals surface area contributed by atoms with Gasteiger partial charge in [-0.3, -0.25) is 4.79 Å². The third-order valence-corrected chi connectivity index (χ3v) is 2.10. The average molecular weight is 244 g/mol. The molecule has 0 aromatic heterocycles. The fourth-order valence-corrected chi connectivity index (χ4v) is 1.46. The highest BCUT2D eigenvalue weighted by Gasteiger charge is 2.12. The third-order valence-electron chi connectivity index (χ3n) is 1.44. The Kier molecular flexibility index (Phi) is 3.02. The van der Waals surface area contributed by atoms with Crippen LogP contribution in [0.2, 0.25) is 0 Å². The number of carbonyl (C=O) groups is 2. The van der Waals surface area contributed by atoms with E-state index in [9.17, 15) is 9.59 Å². The molecule has 0 spiro atoms. The molecule has 68 valence electrons. The summed E-state index contributed by atoms with van der Waals surface area (Å²) in [5.74, 6) is -1.09. The highest BCUT2D eigenvalue weighted by Crippen LogP contribution is 2.24. The number of anilines is 1. The van der Waals surface area contributed by atoms with Gasteiger partial charge in [0, 0.05) is 4.47 Å². The van der Waals surface area contributed by atoms with E-state index in [1.807, 2.05) is 0 Å². The number of benzene rings is 1. The number of hydrogen-bond acceptors (Lipinski definition) is 2. The van der Waals surface area contributed by atoms with Gasteiger partial charge in [-0.1, -0.05) is 6.07 Å². The molecule has 0 fully saturated rings. The maximum absolute atomic E-state index is 10.7. The molecule has 1 aromatic rings. The Morgan fingerprint density at radius 2 is 2.23 bits per heavy atom. The van der Waals surface area contributed by atoms with E-state index in [1.54, 1.807) is 12.1 Å². The molecule has 0 radical (unpaired) electrons. The number of aromatic carboxylic acids is 1. The van der Waals surface area contributed by atoms with Gasteiger partial charge in [0.15, 0.2) is 0 Å². The quantitative estimate of drug-likeness (QED) is 0.795. The number of amides is 1. The Labute approximate surface area is 82.7 Å². The number of carbonyl (C=O) groups excluding carboxylic acids is 1. The second-order valence-electron chi connectivity index (χ2n) is 2.23. The number of nitrogens with one attached hydrogen (secondary N) is 1. The summed E-state index contributed by atoms with van der Waals surface area (Å²) in [6.45, 7) is 0. The average Bonchev–Trinajstić information content (AvgIpc) is 2.04. The summed E-state index contributed by atoms with van der Waals surface area (Å²) in [5, 5.41) is 11.1. The first-order valence-electron chi connectivity index (χ1n) is 3.39. The predicted molar refractivity (Wildman–Crippen MR) is 50.8 cm³/mol. The normalized spacial score (nSPS) is 9.31. The van der Waals surface area contributed by atoms with E-state index >= 15 is 0 Å². The van der Waals surface area contributed by atoms with Crippen molar-refractivity contribution in [2.45, 2.75) is 0 Å². The van der Waals surface area contributed by atoms with Gasteiger partial charge in [-0.05, 0) is 28.1 Å². The summed E-state index contributed by atoms with van der Waals surface area (Å²) >= 11 is 3.08. The van der Waals surface area contributed by atoms with Crippen LogP contribution in [0.4, 0.5) is 5.69 Å². The van der Waals surface area contributed by atoms with Crippen LogP contribution in [0, 0.1) is 0 Å². The molecule has 5 heteroatoms. The van der Waals surface area contributed by atoms with Crippen LogP contribution >= 0.6 is 15.9 Å². The first-order valence-corrected chi connectivity index (χ1v) is 4.18. The molecule has 0 unspecified atom stereocenters. The Morgan fingerprint density at radius 3 is 2.77 bits per heavy atom. The molecule has 0 aliphatic rings. The maximum Gasteiger partial charge on any atom is 0.338 e. The molecule has 0 heterocycles. The van der Waals surface area contributed by atoms with Crippen LogP contribution in [-0.2, 0) is 4.79 Å². The minimum atomic E-state index is -1.09. The number of carboxylic acids is 1. The van der Waals surface area contributed by atoms with Crippen molar-refractivity contribution < 1.29 is 14.7 Å². The van der Waals surface area contributed by atoms with E-state index in [2.05, 4.69) is 21.2 Å². The zero-order valence-corrected chi connectivity index (χ0v) is 8.04. The number of halogens is 1. The van der Waals surface area contributed by atoms with Gasteiger partial charge in [-0.2, -0.15) is 0 Å². The Bertz CT molecular complexity index is 351. The molecule has 0 saturated carbocycles. The van der Waals surface area contributed by atoms with Crippen molar-refractivity contribution >= 4 is 34.0 Å². The van der Waals surface area contributed by atoms with Gasteiger partial charge < -0.3 is 10.4 Å². The molecule has 0 saturated heterocycles. The second-order valence-corrected chi connectivity index (χ2v) is 3.08. The lowest BCUT2D eigenvalue weighted by atomic mass is 10.2. The van der Waals surface area contributed by atoms with Crippen LogP contribution in [0.15, 0.2) is 22.7 Å². The number of rotatable bonds is 3. The van der Waals surface area contributed by atoms with E-state index in [-0.39, 0.29) is 11.3 Å². The van der Waals surface area contributed by atoms with Crippen molar-refractivity contribution in [3.63, 3.8) is 0 Å². The topological polar surface area (TPSA) is 66.4 Å². The summed E-state index contributed by atoms with van der Waals surface area (Å²) in [6, 6.07) is 4.75. The largest absolute Gasteiger partial charge is 0.478 e. The van der Waals surface area contributed by atoms with E-state index in [4.69, 9.17) is 5.11 Å². The second kappa shape index (κ2) is 4.04. The van der Waals surface area contributed by atoms with Crippen molar-refractivity contribution in [1.29, 1.82) is 0 Å². The summed E-state index contributed by atoms with van der Waals surface area (Å²) < 4.78 is 0.437. The first-order chi connectivity index (χ1) is 6.16. The highest BCUT2D eigenvalue weighted by molar-refractivity contribution is 9.10. The van der Waals surface area contributed by atoms with Crippen LogP contribution in [0.5, 0.6) is 0 Å². The Balaban J connectivity index is 3.25. The van der Waals surface area contributed by atoms with Crippen molar-refractivity contribution in [3.8, 4) is 0 Å². The van der Waals surface area contributed by atoms with Gasteiger partial charge in [0.2, 0.25) is 6.41 Å². The van der Waals surface area contributed by atoms with E-state index in [1.165, 1.54) is 6.07 Å². The Morgan fingerprint density at radius 1 is 1.54 bits per heavy atom. The maximum atomic E-state index is 10.7. The van der Waals surface area contributed by atoms with Gasteiger partial charge in [-0.15, -0.1) is 0 Å². The van der Waals surface area contributed by atoms with Crippen molar-refractivity contribution in [3.05, 3.63) is 28.2 Å². The molecule has 1 amide bonds. The van der Waals surface area contributed by atoms with Crippen molar-refractivity contribution in [2.24, 2.45) is 0 Å². The van der Waals surface area contributed by atoms with Crippen LogP contribution in [0.3, 0.4) is 0 Å². The minimum Gasteiger partial charge on any atom is -0.478 e. The van der Waals surface area contributed by atoms with Gasteiger partial charge >= 0.3 is 5.97 Å². The van der Waals surface area contributed by atoms with E-state index in [0.717, 1.165) is 0 Å². The molecule has 0 atom stereocenters. The standard InChI is InChI=1S/C8H6BrNO3/c9-5-2-1-3-6(10-4-11)7(5)8(12)13/h1-4H,(H,10,11)(H,12,13). The van der Waals surface area contributed by atoms with Gasteiger partial charge in [0.25, 0.3) is 0 Å². The lowest BCUT2D eigenvalue weighted by molar-refractivity contribution is -0.105. The molecular weight excluding hydrogens is 238 g/mol. The van der Waals surface area contributed by atoms with Crippen molar-refractivity contribution in [1.82, 2.24) is 0 Å². The molecule has 4 nitrogen and oxygen atoms in total. The number of hydrogen-bond donors (Lipinski definition) is 2. The first kappa shape index (κ1) is 9.73. The molecule has 0 bridgehead atoms. The molecule has 0 aliphatic carbocycles. The van der Waals surface area contributed by atoms with Crippen LogP contribution in [-0.4, -0.2) is 17.5 Å². The summed E-state index contributed by atoms with van der Waals surface area (Å²) in [5.41, 5.74) is 0.325. The van der Waals surface area contributed by atoms with Gasteiger partial charge in [0.1, 0.15) is 0 Å². The van der Waals surface area contributed by atoms with Crippen molar-refractivity contribution in [2.75, 3.05) is 5.32 Å². The molecule has 0 aliphatic heterocycles. The molecular formula is C8H6BrNO3. The minimum absolute atomic E-state index is 0.0506. The summed E-state index contributed by atoms with van der Waals surface area (Å²) in [7, 11) is 0. The van der Waals surface area contributed by atoms with E-state index < -0.39 is 5.97 Å². The van der Waals surface area contributed by atoms with Crippen LogP contribution < -0.4 is 5.32 Å². The summed E-state index contributed by atoms with van der Waals surface area (Å²) in [6.07, 6.45) is 0.439. The summed E-state index contributed by atoms with van der Waals surface area (Å²) in [4.78, 5) is 20.9. The van der Waals surface area contributed by atoms with Gasteiger partial charge in [0.05, 0.1) is 11.3 Å². The Hall–Kier alpha value is -1.36. The SMILES string of the molecule is O=CNc1cccc(Br)c1C(=O)O. The monoisotopic (exact) mass is 243 g/mol. The zero-order chi connectivity index (χ0) is 9.84. The fourth-order valence-electron chi connectivity index (χ4n) is 0.925. The lowest BCUT2D eigenvalue weighted by Crippen LogP contribution is -2.05. The van der Waals surface area contributed by atoms with Gasteiger partial charge in [-0.25, -0.2) is 4.79 Å². The van der Waals surface area contributed by atoms with Crippen LogP contribution in [0.25, 0.3) is 0 Å². The fraction of sp³-hybridized carbons (Fsp3) is 0. The third kappa shape index (κ3) is 2.06. The molecule has 13 heavy (non-hydrogen) atoms. The zero-order valence-electron chi connectivity index (χ0n) is 6.45.